The van der Waals surface area contributed by atoms with Gasteiger partial charge in [0.1, 0.15) is 0 Å². The standard InChI is InChI=1S/C14H22N2.C8H18/c1-3-13-6-5-7-14(12-13)16-10-8-15(4-2)9-11-16;1-4-5-6-7-8(2)3/h5-7,12H,3-4,8-11H2,1-2H3;8H,4-7H2,1-3H3. The van der Waals surface area contributed by atoms with E-state index in [1.54, 1.807) is 0 Å². The Balaban J connectivity index is 0.000000307. The smallest absolute Gasteiger partial charge is 0.0369 e. The first-order chi connectivity index (χ1) is 11.6. The zero-order chi connectivity index (χ0) is 17.8. The zero-order valence-electron chi connectivity index (χ0n) is 16.9. The second kappa shape index (κ2) is 12.4. The number of hydrogen-bond donors (Lipinski definition) is 0. The third-order valence-electron chi connectivity index (χ3n) is 4.89. The summed E-state index contributed by atoms with van der Waals surface area (Å²) in [6.07, 6.45) is 6.73. The van der Waals surface area contributed by atoms with Crippen LogP contribution in [0.25, 0.3) is 0 Å². The van der Waals surface area contributed by atoms with Gasteiger partial charge in [-0.2, -0.15) is 0 Å². The van der Waals surface area contributed by atoms with Crippen LogP contribution < -0.4 is 4.90 Å². The minimum absolute atomic E-state index is 0.904. The van der Waals surface area contributed by atoms with Gasteiger partial charge in [0, 0.05) is 31.9 Å². The van der Waals surface area contributed by atoms with E-state index in [0.29, 0.717) is 0 Å². The number of aryl methyl sites for hydroxylation is 1. The molecule has 2 rings (SSSR count). The molecule has 1 aliphatic heterocycles. The summed E-state index contributed by atoms with van der Waals surface area (Å²) in [6.45, 7) is 17.2. The van der Waals surface area contributed by atoms with Crippen LogP contribution in [-0.4, -0.2) is 37.6 Å². The first-order valence-electron chi connectivity index (χ1n) is 10.2. The van der Waals surface area contributed by atoms with Crippen LogP contribution in [0, 0.1) is 5.92 Å². The molecule has 0 radical (unpaired) electrons. The predicted octanol–water partition coefficient (Wildman–Crippen LogP) is 5.61. The Kier molecular flexibility index (Phi) is 10.8. The topological polar surface area (TPSA) is 6.48 Å². The summed E-state index contributed by atoms with van der Waals surface area (Å²) in [7, 11) is 0. The van der Waals surface area contributed by atoms with Gasteiger partial charge in [-0.25, -0.2) is 0 Å². The highest BCUT2D eigenvalue weighted by Gasteiger charge is 2.15. The average molecular weight is 333 g/mol. The van der Waals surface area contributed by atoms with E-state index in [0.717, 1.165) is 12.3 Å². The molecule has 1 aliphatic rings. The minimum atomic E-state index is 0.904. The molecule has 1 aromatic carbocycles. The average Bonchev–Trinajstić information content (AvgIpc) is 2.62. The monoisotopic (exact) mass is 332 g/mol. The van der Waals surface area contributed by atoms with E-state index in [9.17, 15) is 0 Å². The maximum atomic E-state index is 2.51. The van der Waals surface area contributed by atoms with E-state index >= 15 is 0 Å². The lowest BCUT2D eigenvalue weighted by Crippen LogP contribution is -2.46. The molecule has 0 aromatic heterocycles. The molecule has 0 bridgehead atoms. The van der Waals surface area contributed by atoms with Crippen molar-refractivity contribution in [3.8, 4) is 0 Å². The summed E-state index contributed by atoms with van der Waals surface area (Å²) in [6, 6.07) is 8.97. The fourth-order valence-electron chi connectivity index (χ4n) is 3.10. The lowest BCUT2D eigenvalue weighted by atomic mass is 10.1. The van der Waals surface area contributed by atoms with Crippen molar-refractivity contribution in [3.05, 3.63) is 29.8 Å². The molecule has 0 aliphatic carbocycles. The van der Waals surface area contributed by atoms with Crippen LogP contribution in [0.2, 0.25) is 0 Å². The third-order valence-corrected chi connectivity index (χ3v) is 4.89. The lowest BCUT2D eigenvalue weighted by Gasteiger charge is -2.35. The summed E-state index contributed by atoms with van der Waals surface area (Å²) in [5.41, 5.74) is 2.84. The number of hydrogen-bond acceptors (Lipinski definition) is 2. The molecular formula is C22H40N2. The second-order valence-electron chi connectivity index (χ2n) is 7.33. The van der Waals surface area contributed by atoms with Crippen LogP contribution in [-0.2, 0) is 6.42 Å². The highest BCUT2D eigenvalue weighted by molar-refractivity contribution is 5.49. The van der Waals surface area contributed by atoms with Crippen molar-refractivity contribution >= 4 is 5.69 Å². The molecular weight excluding hydrogens is 292 g/mol. The first-order valence-corrected chi connectivity index (χ1v) is 10.2. The van der Waals surface area contributed by atoms with Crippen molar-refractivity contribution in [3.63, 3.8) is 0 Å². The van der Waals surface area contributed by atoms with E-state index in [4.69, 9.17) is 0 Å². The Labute approximate surface area is 151 Å². The number of nitrogens with zero attached hydrogens (tertiary/aromatic N) is 2. The van der Waals surface area contributed by atoms with E-state index in [1.807, 2.05) is 0 Å². The first kappa shape index (κ1) is 21.0. The number of unbranched alkanes of at least 4 members (excludes halogenated alkanes) is 2. The van der Waals surface area contributed by atoms with Gasteiger partial charge >= 0.3 is 0 Å². The molecule has 2 heteroatoms. The minimum Gasteiger partial charge on any atom is -0.369 e. The van der Waals surface area contributed by atoms with Gasteiger partial charge in [0.2, 0.25) is 0 Å². The van der Waals surface area contributed by atoms with E-state index in [1.165, 1.54) is 69.7 Å². The van der Waals surface area contributed by atoms with Gasteiger partial charge in [-0.05, 0) is 36.6 Å². The number of piperazine rings is 1. The zero-order valence-corrected chi connectivity index (χ0v) is 16.9. The van der Waals surface area contributed by atoms with Crippen molar-refractivity contribution in [2.24, 2.45) is 5.92 Å². The maximum Gasteiger partial charge on any atom is 0.0369 e. The van der Waals surface area contributed by atoms with Gasteiger partial charge in [-0.3, -0.25) is 0 Å². The summed E-state index contributed by atoms with van der Waals surface area (Å²) in [5.74, 6) is 0.904. The van der Waals surface area contributed by atoms with E-state index in [-0.39, 0.29) is 0 Å². The van der Waals surface area contributed by atoms with Crippen molar-refractivity contribution in [1.29, 1.82) is 0 Å². The molecule has 1 aromatic rings. The van der Waals surface area contributed by atoms with Gasteiger partial charge in [0.25, 0.3) is 0 Å². The lowest BCUT2D eigenvalue weighted by molar-refractivity contribution is 0.271. The van der Waals surface area contributed by atoms with Crippen LogP contribution in [0.1, 0.15) is 65.9 Å². The molecule has 1 fully saturated rings. The van der Waals surface area contributed by atoms with Crippen LogP contribution in [0.15, 0.2) is 24.3 Å². The fourth-order valence-corrected chi connectivity index (χ4v) is 3.10. The van der Waals surface area contributed by atoms with Gasteiger partial charge in [-0.15, -0.1) is 0 Å². The van der Waals surface area contributed by atoms with Crippen LogP contribution in [0.4, 0.5) is 5.69 Å². The van der Waals surface area contributed by atoms with E-state index in [2.05, 4.69) is 68.7 Å². The second-order valence-corrected chi connectivity index (χ2v) is 7.33. The highest BCUT2D eigenvalue weighted by Crippen LogP contribution is 2.18. The Morgan fingerprint density at radius 2 is 1.67 bits per heavy atom. The molecule has 1 heterocycles. The largest absolute Gasteiger partial charge is 0.369 e. The molecule has 24 heavy (non-hydrogen) atoms. The number of rotatable bonds is 7. The third kappa shape index (κ3) is 8.19. The summed E-state index contributed by atoms with van der Waals surface area (Å²) in [5, 5.41) is 0. The van der Waals surface area contributed by atoms with Gasteiger partial charge in [0.05, 0.1) is 0 Å². The highest BCUT2D eigenvalue weighted by atomic mass is 15.3. The van der Waals surface area contributed by atoms with Crippen molar-refractivity contribution < 1.29 is 0 Å². The normalized spacial score (nSPS) is 15.3. The fraction of sp³-hybridized carbons (Fsp3) is 0.727. The molecule has 2 nitrogen and oxygen atoms in total. The molecule has 0 atom stereocenters. The van der Waals surface area contributed by atoms with Crippen molar-refractivity contribution in [1.82, 2.24) is 4.90 Å². The molecule has 0 amide bonds. The van der Waals surface area contributed by atoms with Crippen LogP contribution in [0.5, 0.6) is 0 Å². The molecule has 0 unspecified atom stereocenters. The molecule has 0 saturated carbocycles. The molecule has 1 saturated heterocycles. The van der Waals surface area contributed by atoms with E-state index < -0.39 is 0 Å². The summed E-state index contributed by atoms with van der Waals surface area (Å²) >= 11 is 0. The maximum absolute atomic E-state index is 2.51. The van der Waals surface area contributed by atoms with Gasteiger partial charge < -0.3 is 9.80 Å². The quantitative estimate of drug-likeness (QED) is 0.598. The summed E-state index contributed by atoms with van der Waals surface area (Å²) in [4.78, 5) is 5.02. The Bertz CT molecular complexity index is 420. The number of likely N-dealkylation sites (N-methyl/N-ethyl adjacent to an activating group) is 1. The van der Waals surface area contributed by atoms with Crippen LogP contribution in [0.3, 0.4) is 0 Å². The van der Waals surface area contributed by atoms with Crippen LogP contribution >= 0.6 is 0 Å². The number of benzene rings is 1. The Hall–Kier alpha value is -1.02. The molecule has 0 N–H and O–H groups in total. The Morgan fingerprint density at radius 3 is 2.21 bits per heavy atom. The molecule has 138 valence electrons. The summed E-state index contributed by atoms with van der Waals surface area (Å²) < 4.78 is 0. The van der Waals surface area contributed by atoms with Gasteiger partial charge in [0.15, 0.2) is 0 Å². The SMILES string of the molecule is CCCCCC(C)C.CCc1cccc(N2CCN(CC)CC2)c1. The number of anilines is 1. The molecule has 0 spiro atoms. The van der Waals surface area contributed by atoms with Crippen molar-refractivity contribution in [2.45, 2.75) is 66.7 Å². The van der Waals surface area contributed by atoms with Crippen molar-refractivity contribution in [2.75, 3.05) is 37.6 Å². The van der Waals surface area contributed by atoms with Gasteiger partial charge in [-0.1, -0.05) is 72.4 Å². The predicted molar refractivity (Wildman–Crippen MR) is 109 cm³/mol. The Morgan fingerprint density at radius 1 is 0.958 bits per heavy atom.